The molecule has 76 valence electrons. The first kappa shape index (κ1) is 9.85. The first-order valence-corrected chi connectivity index (χ1v) is 6.12. The van der Waals surface area contributed by atoms with Crippen LogP contribution in [0.4, 0.5) is 0 Å². The number of hydrogen-bond donors (Lipinski definition) is 1. The zero-order chi connectivity index (χ0) is 9.47. The summed E-state index contributed by atoms with van der Waals surface area (Å²) in [5, 5.41) is 0. The summed E-state index contributed by atoms with van der Waals surface area (Å²) in [6.45, 7) is 8.70. The maximum atomic E-state index is 4.45. The molecule has 0 aromatic carbocycles. The Bertz CT molecular complexity index is 179. The fraction of sp³-hybridized carbons (Fsp3) is 1.00. The Morgan fingerprint density at radius 3 is 2.15 bits per heavy atom. The molecule has 0 radical (unpaired) electrons. The fourth-order valence-corrected chi connectivity index (χ4v) is 2.81. The number of nitrogens with zero attached hydrogens (tertiary/aromatic N) is 1. The van der Waals surface area contributed by atoms with E-state index in [1.165, 1.54) is 32.5 Å². The molecular formula is C11H21NS. The van der Waals surface area contributed by atoms with Gasteiger partial charge < -0.3 is 4.90 Å². The van der Waals surface area contributed by atoms with Crippen LogP contribution in [0.2, 0.25) is 0 Å². The van der Waals surface area contributed by atoms with Crippen molar-refractivity contribution in [3.8, 4) is 0 Å². The third kappa shape index (κ3) is 2.04. The molecule has 2 atom stereocenters. The van der Waals surface area contributed by atoms with Gasteiger partial charge in [0.1, 0.15) is 0 Å². The second-order valence-corrected chi connectivity index (χ2v) is 5.62. The minimum absolute atomic E-state index is 0.618. The van der Waals surface area contributed by atoms with Gasteiger partial charge in [0.05, 0.1) is 0 Å². The Hall–Kier alpha value is 0.310. The van der Waals surface area contributed by atoms with Crippen LogP contribution >= 0.6 is 12.6 Å². The van der Waals surface area contributed by atoms with Crippen LogP contribution in [0, 0.1) is 17.3 Å². The van der Waals surface area contributed by atoms with E-state index in [9.17, 15) is 0 Å². The van der Waals surface area contributed by atoms with Crippen molar-refractivity contribution in [2.75, 3.05) is 25.4 Å². The Labute approximate surface area is 87.3 Å². The highest BCUT2D eigenvalue weighted by molar-refractivity contribution is 7.80. The van der Waals surface area contributed by atoms with Gasteiger partial charge >= 0.3 is 0 Å². The van der Waals surface area contributed by atoms with Crippen LogP contribution in [0.25, 0.3) is 0 Å². The van der Waals surface area contributed by atoms with E-state index >= 15 is 0 Å². The lowest BCUT2D eigenvalue weighted by molar-refractivity contribution is 0.268. The van der Waals surface area contributed by atoms with Gasteiger partial charge in [-0.3, -0.25) is 0 Å². The molecule has 1 saturated heterocycles. The lowest BCUT2D eigenvalue weighted by Crippen LogP contribution is -2.29. The number of hydrogen-bond acceptors (Lipinski definition) is 2. The van der Waals surface area contributed by atoms with Crippen molar-refractivity contribution in [3.63, 3.8) is 0 Å². The molecule has 1 aliphatic carbocycles. The molecule has 0 spiro atoms. The molecule has 1 nitrogen and oxygen atoms in total. The highest BCUT2D eigenvalue weighted by atomic mass is 32.1. The van der Waals surface area contributed by atoms with Crippen LogP contribution in [0.3, 0.4) is 0 Å². The second-order valence-electron chi connectivity index (χ2n) is 5.31. The van der Waals surface area contributed by atoms with E-state index in [0.717, 1.165) is 17.6 Å². The molecule has 2 rings (SSSR count). The molecule has 0 N–H and O–H groups in total. The molecule has 1 heterocycles. The summed E-state index contributed by atoms with van der Waals surface area (Å²) in [4.78, 5) is 2.65. The Kier molecular flexibility index (Phi) is 2.63. The summed E-state index contributed by atoms with van der Waals surface area (Å²) in [6, 6.07) is 0. The van der Waals surface area contributed by atoms with E-state index in [4.69, 9.17) is 0 Å². The molecule has 2 unspecified atom stereocenters. The largest absolute Gasteiger partial charge is 0.302 e. The van der Waals surface area contributed by atoms with Crippen molar-refractivity contribution in [2.24, 2.45) is 17.3 Å². The average Bonchev–Trinajstić information content (AvgIpc) is 2.78. The number of thiol groups is 1. The van der Waals surface area contributed by atoms with E-state index < -0.39 is 0 Å². The van der Waals surface area contributed by atoms with E-state index in [-0.39, 0.29) is 0 Å². The Balaban J connectivity index is 1.83. The lowest BCUT2D eigenvalue weighted by atomic mass is 10.0. The van der Waals surface area contributed by atoms with E-state index in [1.807, 2.05) is 0 Å². The summed E-state index contributed by atoms with van der Waals surface area (Å²) in [5.41, 5.74) is 0.618. The van der Waals surface area contributed by atoms with Gasteiger partial charge in [0, 0.05) is 19.6 Å². The van der Waals surface area contributed by atoms with Crippen molar-refractivity contribution in [1.29, 1.82) is 0 Å². The molecule has 0 aromatic heterocycles. The predicted octanol–water partition coefficient (Wildman–Crippen LogP) is 2.28. The van der Waals surface area contributed by atoms with Crippen molar-refractivity contribution in [3.05, 3.63) is 0 Å². The summed E-state index contributed by atoms with van der Waals surface area (Å²) < 4.78 is 0. The van der Waals surface area contributed by atoms with Crippen molar-refractivity contribution in [1.82, 2.24) is 4.90 Å². The zero-order valence-electron chi connectivity index (χ0n) is 8.79. The SMILES string of the molecule is CC1CN(CC2(CS)CC2)CC1C. The average molecular weight is 199 g/mol. The minimum atomic E-state index is 0.618. The molecule has 0 aromatic rings. The smallest absolute Gasteiger partial charge is 0.00460 e. The van der Waals surface area contributed by atoms with Crippen LogP contribution in [-0.2, 0) is 0 Å². The molecule has 1 aliphatic heterocycles. The first-order chi connectivity index (χ1) is 6.15. The zero-order valence-corrected chi connectivity index (χ0v) is 9.69. The summed E-state index contributed by atoms with van der Waals surface area (Å²) >= 11 is 4.45. The van der Waals surface area contributed by atoms with Crippen LogP contribution in [0.5, 0.6) is 0 Å². The third-order valence-electron chi connectivity index (χ3n) is 3.92. The standard InChI is InChI=1S/C11H21NS/c1-9-5-12(6-10(9)2)7-11(8-13)3-4-11/h9-10,13H,3-8H2,1-2H3. The normalized spacial score (nSPS) is 38.1. The van der Waals surface area contributed by atoms with Gasteiger partial charge in [-0.15, -0.1) is 0 Å². The summed E-state index contributed by atoms with van der Waals surface area (Å²) in [5.74, 6) is 2.89. The molecule has 2 heteroatoms. The van der Waals surface area contributed by atoms with E-state index in [2.05, 4.69) is 31.4 Å². The topological polar surface area (TPSA) is 3.24 Å². The van der Waals surface area contributed by atoms with Gasteiger partial charge in [0.15, 0.2) is 0 Å². The Morgan fingerprint density at radius 1 is 1.23 bits per heavy atom. The molecule has 2 fully saturated rings. The number of likely N-dealkylation sites (tertiary alicyclic amines) is 1. The van der Waals surface area contributed by atoms with Gasteiger partial charge in [-0.25, -0.2) is 0 Å². The van der Waals surface area contributed by atoms with Gasteiger partial charge in [0.25, 0.3) is 0 Å². The van der Waals surface area contributed by atoms with Crippen LogP contribution in [0.1, 0.15) is 26.7 Å². The van der Waals surface area contributed by atoms with E-state index in [0.29, 0.717) is 5.41 Å². The molecule has 2 aliphatic rings. The summed E-state index contributed by atoms with van der Waals surface area (Å²) in [7, 11) is 0. The van der Waals surface area contributed by atoms with Crippen LogP contribution in [0.15, 0.2) is 0 Å². The Morgan fingerprint density at radius 2 is 1.77 bits per heavy atom. The maximum absolute atomic E-state index is 4.45. The highest BCUT2D eigenvalue weighted by Gasteiger charge is 2.43. The lowest BCUT2D eigenvalue weighted by Gasteiger charge is -2.21. The van der Waals surface area contributed by atoms with Crippen molar-refractivity contribution >= 4 is 12.6 Å². The molecule has 1 saturated carbocycles. The van der Waals surface area contributed by atoms with Crippen molar-refractivity contribution < 1.29 is 0 Å². The van der Waals surface area contributed by atoms with Gasteiger partial charge in [0.2, 0.25) is 0 Å². The molecule has 0 bridgehead atoms. The highest BCUT2D eigenvalue weighted by Crippen LogP contribution is 2.47. The van der Waals surface area contributed by atoms with Gasteiger partial charge in [-0.1, -0.05) is 13.8 Å². The third-order valence-corrected chi connectivity index (χ3v) is 4.59. The monoisotopic (exact) mass is 199 g/mol. The second kappa shape index (κ2) is 3.47. The fourth-order valence-electron chi connectivity index (χ4n) is 2.40. The molecule has 13 heavy (non-hydrogen) atoms. The maximum Gasteiger partial charge on any atom is 0.00460 e. The minimum Gasteiger partial charge on any atom is -0.302 e. The van der Waals surface area contributed by atoms with E-state index in [1.54, 1.807) is 0 Å². The molecule has 0 amide bonds. The van der Waals surface area contributed by atoms with Crippen LogP contribution < -0.4 is 0 Å². The van der Waals surface area contributed by atoms with Crippen LogP contribution in [-0.4, -0.2) is 30.3 Å². The van der Waals surface area contributed by atoms with Gasteiger partial charge in [-0.05, 0) is 35.8 Å². The quantitative estimate of drug-likeness (QED) is 0.683. The first-order valence-electron chi connectivity index (χ1n) is 5.48. The molecular weight excluding hydrogens is 178 g/mol. The number of rotatable bonds is 3. The van der Waals surface area contributed by atoms with Gasteiger partial charge in [-0.2, -0.15) is 12.6 Å². The van der Waals surface area contributed by atoms with Crippen molar-refractivity contribution in [2.45, 2.75) is 26.7 Å². The summed E-state index contributed by atoms with van der Waals surface area (Å²) in [6.07, 6.45) is 2.82. The predicted molar refractivity (Wildman–Crippen MR) is 60.3 cm³/mol.